The predicted molar refractivity (Wildman–Crippen MR) is 64.6 cm³/mol. The summed E-state index contributed by atoms with van der Waals surface area (Å²) >= 11 is 6.16. The van der Waals surface area contributed by atoms with Crippen LogP contribution < -0.4 is 10.1 Å². The average molecular weight is 214 g/mol. The van der Waals surface area contributed by atoms with Crippen LogP contribution in [-0.2, 0) is 0 Å². The van der Waals surface area contributed by atoms with E-state index in [1.54, 1.807) is 0 Å². The van der Waals surface area contributed by atoms with Gasteiger partial charge in [-0.1, -0.05) is 23.7 Å². The van der Waals surface area contributed by atoms with E-state index in [0.29, 0.717) is 0 Å². The Morgan fingerprint density at radius 3 is 2.38 bits per heavy atom. The molecule has 0 aliphatic carbocycles. The molecule has 1 nitrogen and oxygen atoms in total. The van der Waals surface area contributed by atoms with Gasteiger partial charge < -0.3 is 4.90 Å². The molecule has 0 aliphatic rings. The molecule has 0 N–H and O–H groups in total. The molecule has 0 saturated heterocycles. The lowest BCUT2D eigenvalue weighted by Crippen LogP contribution is -2.27. The van der Waals surface area contributed by atoms with Crippen LogP contribution in [0.15, 0.2) is 18.2 Å². The monoisotopic (exact) mass is 213 g/mol. The first-order valence-corrected chi connectivity index (χ1v) is 6.08. The quantitative estimate of drug-likeness (QED) is 0.682. The van der Waals surface area contributed by atoms with Crippen LogP contribution >= 0.6 is 11.6 Å². The molecule has 0 amide bonds. The summed E-state index contributed by atoms with van der Waals surface area (Å²) in [5, 5.41) is 2.27. The Hall–Kier alpha value is -0.473. The van der Waals surface area contributed by atoms with Crippen molar-refractivity contribution < 1.29 is 0 Å². The highest BCUT2D eigenvalue weighted by atomic mass is 35.5. The van der Waals surface area contributed by atoms with Crippen molar-refractivity contribution in [3.8, 4) is 0 Å². The van der Waals surface area contributed by atoms with Crippen LogP contribution in [0.3, 0.4) is 0 Å². The van der Waals surface area contributed by atoms with Gasteiger partial charge >= 0.3 is 0 Å². The molecule has 1 aromatic rings. The van der Waals surface area contributed by atoms with E-state index in [2.05, 4.69) is 24.8 Å². The van der Waals surface area contributed by atoms with Crippen LogP contribution in [-0.4, -0.2) is 23.3 Å². The van der Waals surface area contributed by atoms with E-state index in [-0.39, 0.29) is 0 Å². The van der Waals surface area contributed by atoms with E-state index in [9.17, 15) is 0 Å². The second-order valence-electron chi connectivity index (χ2n) is 3.08. The molecule has 0 spiro atoms. The molecule has 13 heavy (non-hydrogen) atoms. The van der Waals surface area contributed by atoms with E-state index in [1.165, 1.54) is 10.9 Å². The lowest BCUT2D eigenvalue weighted by atomic mass is 10.3. The van der Waals surface area contributed by atoms with Crippen LogP contribution in [0.25, 0.3) is 0 Å². The van der Waals surface area contributed by atoms with Crippen molar-refractivity contribution in [1.29, 1.82) is 0 Å². The SMILES string of the molecule is CCN(CC)c1c([SiH3])cccc1Cl. The molecule has 3 heteroatoms. The van der Waals surface area contributed by atoms with Gasteiger partial charge in [0.15, 0.2) is 0 Å². The van der Waals surface area contributed by atoms with Crippen molar-refractivity contribution in [2.75, 3.05) is 18.0 Å². The summed E-state index contributed by atoms with van der Waals surface area (Å²) < 4.78 is 0. The fraction of sp³-hybridized carbons (Fsp3) is 0.400. The summed E-state index contributed by atoms with van der Waals surface area (Å²) in [7, 11) is 1.05. The molecule has 0 radical (unpaired) electrons. The number of hydrogen-bond acceptors (Lipinski definition) is 1. The zero-order valence-electron chi connectivity index (χ0n) is 8.47. The summed E-state index contributed by atoms with van der Waals surface area (Å²) in [5.74, 6) is 0. The molecule has 0 heterocycles. The molecule has 0 atom stereocenters. The Bertz CT molecular complexity index is 264. The highest BCUT2D eigenvalue weighted by Crippen LogP contribution is 2.22. The number of halogens is 1. The zero-order valence-corrected chi connectivity index (χ0v) is 11.2. The zero-order chi connectivity index (χ0) is 9.84. The van der Waals surface area contributed by atoms with Crippen molar-refractivity contribution in [2.45, 2.75) is 13.8 Å². The number of nitrogens with zero attached hydrogens (tertiary/aromatic N) is 1. The normalized spacial score (nSPS) is 10.4. The second-order valence-corrected chi connectivity index (χ2v) is 4.56. The van der Waals surface area contributed by atoms with Crippen LogP contribution in [0.1, 0.15) is 13.8 Å². The van der Waals surface area contributed by atoms with Crippen LogP contribution in [0.4, 0.5) is 5.69 Å². The van der Waals surface area contributed by atoms with E-state index in [1.807, 2.05) is 12.1 Å². The maximum absolute atomic E-state index is 6.16. The van der Waals surface area contributed by atoms with Crippen molar-refractivity contribution >= 4 is 32.7 Å². The third-order valence-corrected chi connectivity index (χ3v) is 3.38. The highest BCUT2D eigenvalue weighted by molar-refractivity contribution is 6.41. The Kier molecular flexibility index (Phi) is 3.82. The summed E-state index contributed by atoms with van der Waals surface area (Å²) in [6, 6.07) is 6.15. The minimum atomic E-state index is 0.885. The number of hydrogen-bond donors (Lipinski definition) is 0. The van der Waals surface area contributed by atoms with Crippen molar-refractivity contribution in [3.63, 3.8) is 0 Å². The maximum Gasteiger partial charge on any atom is 0.0637 e. The Morgan fingerprint density at radius 1 is 1.31 bits per heavy atom. The third-order valence-electron chi connectivity index (χ3n) is 2.27. The molecule has 1 rings (SSSR count). The second kappa shape index (κ2) is 4.68. The number of anilines is 1. The summed E-state index contributed by atoms with van der Waals surface area (Å²) in [5.41, 5.74) is 1.24. The topological polar surface area (TPSA) is 3.24 Å². The smallest absolute Gasteiger partial charge is 0.0637 e. The molecular formula is C10H16ClNSi. The molecule has 0 aliphatic heterocycles. The average Bonchev–Trinajstić information content (AvgIpc) is 2.11. The van der Waals surface area contributed by atoms with Crippen molar-refractivity contribution in [2.24, 2.45) is 0 Å². The van der Waals surface area contributed by atoms with E-state index >= 15 is 0 Å². The first-order chi connectivity index (χ1) is 6.20. The molecule has 0 saturated carbocycles. The fourth-order valence-electron chi connectivity index (χ4n) is 1.56. The Labute approximate surface area is 88.1 Å². The van der Waals surface area contributed by atoms with Gasteiger partial charge in [0.05, 0.1) is 10.7 Å². The van der Waals surface area contributed by atoms with Gasteiger partial charge in [-0.3, -0.25) is 0 Å². The number of rotatable bonds is 3. The molecule has 0 unspecified atom stereocenters. The first-order valence-electron chi connectivity index (χ1n) is 4.70. The van der Waals surface area contributed by atoms with Crippen LogP contribution in [0.2, 0.25) is 5.02 Å². The summed E-state index contributed by atoms with van der Waals surface area (Å²) in [6.45, 7) is 6.37. The molecule has 0 aromatic heterocycles. The number of para-hydroxylation sites is 1. The molecule has 0 fully saturated rings. The maximum atomic E-state index is 6.16. The van der Waals surface area contributed by atoms with Crippen LogP contribution in [0, 0.1) is 0 Å². The first kappa shape index (κ1) is 10.6. The van der Waals surface area contributed by atoms with Gasteiger partial charge in [-0.05, 0) is 25.1 Å². The van der Waals surface area contributed by atoms with E-state index < -0.39 is 0 Å². The summed E-state index contributed by atoms with van der Waals surface area (Å²) in [4.78, 5) is 2.31. The van der Waals surface area contributed by atoms with Gasteiger partial charge in [0, 0.05) is 23.3 Å². The number of benzene rings is 1. The molecule has 0 bridgehead atoms. The summed E-state index contributed by atoms with van der Waals surface area (Å²) in [6.07, 6.45) is 0. The lowest BCUT2D eigenvalue weighted by molar-refractivity contribution is 0.869. The van der Waals surface area contributed by atoms with E-state index in [4.69, 9.17) is 11.6 Å². The van der Waals surface area contributed by atoms with Gasteiger partial charge in [0.2, 0.25) is 0 Å². The lowest BCUT2D eigenvalue weighted by Gasteiger charge is -2.24. The fourth-order valence-corrected chi connectivity index (χ4v) is 2.84. The minimum absolute atomic E-state index is 0.885. The van der Waals surface area contributed by atoms with Gasteiger partial charge in [-0.15, -0.1) is 0 Å². The van der Waals surface area contributed by atoms with Gasteiger partial charge in [-0.2, -0.15) is 0 Å². The van der Waals surface area contributed by atoms with Gasteiger partial charge in [-0.25, -0.2) is 0 Å². The molecule has 1 aromatic carbocycles. The molecular weight excluding hydrogens is 198 g/mol. The predicted octanol–water partition coefficient (Wildman–Crippen LogP) is 1.18. The standard InChI is InChI=1S/C10H16ClNSi/c1-3-12(4-2)10-8(11)6-5-7-9(10)13/h5-7H,3-4H2,1-2,13H3. The molecule has 72 valence electrons. The Balaban J connectivity index is 3.10. The van der Waals surface area contributed by atoms with Crippen LogP contribution in [0.5, 0.6) is 0 Å². The van der Waals surface area contributed by atoms with Crippen molar-refractivity contribution in [3.05, 3.63) is 23.2 Å². The van der Waals surface area contributed by atoms with Gasteiger partial charge in [0.25, 0.3) is 0 Å². The van der Waals surface area contributed by atoms with E-state index in [0.717, 1.165) is 28.4 Å². The minimum Gasteiger partial charge on any atom is -0.371 e. The largest absolute Gasteiger partial charge is 0.371 e. The highest BCUT2D eigenvalue weighted by Gasteiger charge is 2.08. The van der Waals surface area contributed by atoms with Gasteiger partial charge in [0.1, 0.15) is 0 Å². The Morgan fingerprint density at radius 2 is 1.92 bits per heavy atom. The third kappa shape index (κ3) is 2.26. The van der Waals surface area contributed by atoms with Crippen molar-refractivity contribution in [1.82, 2.24) is 0 Å².